The third-order valence-electron chi connectivity index (χ3n) is 4.67. The molecule has 0 saturated carbocycles. The summed E-state index contributed by atoms with van der Waals surface area (Å²) < 4.78 is 0.316. The summed E-state index contributed by atoms with van der Waals surface area (Å²) in [6.07, 6.45) is 1.59. The second kappa shape index (κ2) is 9.87. The van der Waals surface area contributed by atoms with Crippen LogP contribution in [0.5, 0.6) is 0 Å². The van der Waals surface area contributed by atoms with Crippen LogP contribution < -0.4 is 4.90 Å². The van der Waals surface area contributed by atoms with Gasteiger partial charge in [0.15, 0.2) is 4.32 Å². The fraction of sp³-hybridized carbons (Fsp3) is 0.0435. The molecule has 0 N–H and O–H groups in total. The number of thiocarbonyl (C=S) groups is 1. The van der Waals surface area contributed by atoms with Crippen molar-refractivity contribution in [3.63, 3.8) is 0 Å². The number of halogens is 2. The molecule has 33 heavy (non-hydrogen) atoms. The second-order valence-electron chi connectivity index (χ2n) is 7.01. The molecule has 166 valence electrons. The van der Waals surface area contributed by atoms with E-state index in [0.29, 0.717) is 35.4 Å². The van der Waals surface area contributed by atoms with Crippen LogP contribution in [0, 0.1) is 17.0 Å². The third kappa shape index (κ3) is 5.26. The lowest BCUT2D eigenvalue weighted by Crippen LogP contribution is -2.27. The van der Waals surface area contributed by atoms with Crippen LogP contribution in [0.1, 0.15) is 11.1 Å². The molecule has 0 atom stereocenters. The molecule has 3 aromatic rings. The number of amides is 1. The Balaban J connectivity index is 1.64. The molecule has 1 aliphatic rings. The van der Waals surface area contributed by atoms with Gasteiger partial charge >= 0.3 is 0 Å². The molecule has 0 bridgehead atoms. The zero-order valence-corrected chi connectivity index (χ0v) is 20.9. The number of anilines is 1. The molecule has 0 unspecified atom stereocenters. The van der Waals surface area contributed by atoms with Gasteiger partial charge in [-0.3, -0.25) is 19.8 Å². The Kier molecular flexibility index (Phi) is 7.11. The highest BCUT2D eigenvalue weighted by Gasteiger charge is 2.34. The average molecular weight is 533 g/mol. The van der Waals surface area contributed by atoms with Crippen molar-refractivity contribution in [2.75, 3.05) is 4.90 Å². The summed E-state index contributed by atoms with van der Waals surface area (Å²) in [4.78, 5) is 27.4. The number of hydrogen-bond donors (Lipinski definition) is 0. The van der Waals surface area contributed by atoms with Gasteiger partial charge in [0, 0.05) is 16.0 Å². The maximum atomic E-state index is 13.0. The first kappa shape index (κ1) is 23.8. The van der Waals surface area contributed by atoms with Crippen LogP contribution in [0.3, 0.4) is 0 Å². The molecule has 4 rings (SSSR count). The lowest BCUT2D eigenvalue weighted by atomic mass is 10.2. The first-order valence-corrected chi connectivity index (χ1v) is 12.3. The Morgan fingerprint density at radius 1 is 1.09 bits per heavy atom. The summed E-state index contributed by atoms with van der Waals surface area (Å²) in [5.41, 5.74) is 2.03. The third-order valence-corrected chi connectivity index (χ3v) is 7.58. The van der Waals surface area contributed by atoms with Gasteiger partial charge in [-0.1, -0.05) is 82.7 Å². The van der Waals surface area contributed by atoms with Crippen LogP contribution in [0.25, 0.3) is 6.08 Å². The van der Waals surface area contributed by atoms with Crippen molar-refractivity contribution in [2.45, 2.75) is 16.7 Å². The van der Waals surface area contributed by atoms with Crippen molar-refractivity contribution in [3.8, 4) is 0 Å². The van der Waals surface area contributed by atoms with Crippen LogP contribution in [-0.2, 0) is 4.79 Å². The minimum absolute atomic E-state index is 0.0365. The number of nitrogens with zero attached hydrogens (tertiary/aromatic N) is 2. The highest BCUT2D eigenvalue weighted by Crippen LogP contribution is 2.41. The van der Waals surface area contributed by atoms with Gasteiger partial charge in [0.2, 0.25) is 0 Å². The maximum absolute atomic E-state index is 13.0. The molecule has 0 radical (unpaired) electrons. The van der Waals surface area contributed by atoms with Gasteiger partial charge in [0.25, 0.3) is 11.6 Å². The Bertz CT molecular complexity index is 1330. The van der Waals surface area contributed by atoms with Crippen molar-refractivity contribution in [3.05, 3.63) is 96.9 Å². The zero-order valence-electron chi connectivity index (χ0n) is 17.0. The lowest BCUT2D eigenvalue weighted by molar-refractivity contribution is -0.387. The van der Waals surface area contributed by atoms with Gasteiger partial charge < -0.3 is 0 Å². The largest absolute Gasteiger partial charge is 0.283 e. The van der Waals surface area contributed by atoms with Crippen molar-refractivity contribution in [1.29, 1.82) is 0 Å². The number of nitro groups is 1. The molecule has 5 nitrogen and oxygen atoms in total. The molecular formula is C23H14Cl2N2O3S3. The van der Waals surface area contributed by atoms with E-state index in [-0.39, 0.29) is 11.6 Å². The minimum Gasteiger partial charge on any atom is -0.268 e. The fourth-order valence-corrected chi connectivity index (χ4v) is 5.75. The van der Waals surface area contributed by atoms with Gasteiger partial charge in [-0.25, -0.2) is 0 Å². The van der Waals surface area contributed by atoms with Crippen LogP contribution in [-0.4, -0.2) is 15.2 Å². The van der Waals surface area contributed by atoms with E-state index >= 15 is 0 Å². The van der Waals surface area contributed by atoms with Crippen LogP contribution >= 0.6 is 58.9 Å². The van der Waals surface area contributed by atoms with E-state index in [1.165, 1.54) is 28.8 Å². The summed E-state index contributed by atoms with van der Waals surface area (Å²) in [6, 6.07) is 17.4. The van der Waals surface area contributed by atoms with Crippen molar-refractivity contribution < 1.29 is 9.72 Å². The Hall–Kier alpha value is -2.36. The van der Waals surface area contributed by atoms with Crippen molar-refractivity contribution in [1.82, 2.24) is 0 Å². The smallest absolute Gasteiger partial charge is 0.268 e. The van der Waals surface area contributed by atoms with Crippen molar-refractivity contribution >= 4 is 86.6 Å². The molecular weight excluding hydrogens is 519 g/mol. The van der Waals surface area contributed by atoms with Crippen LogP contribution in [0.15, 0.2) is 75.4 Å². The van der Waals surface area contributed by atoms with Crippen molar-refractivity contribution in [2.24, 2.45) is 0 Å². The Labute approximate surface area is 213 Å². The predicted molar refractivity (Wildman–Crippen MR) is 141 cm³/mol. The lowest BCUT2D eigenvalue weighted by Gasteiger charge is -2.16. The number of rotatable bonds is 5. The van der Waals surface area contributed by atoms with E-state index in [0.717, 1.165) is 22.2 Å². The number of carbonyl (C=O) groups is 1. The summed E-state index contributed by atoms with van der Waals surface area (Å²) in [5.74, 6) is -0.352. The SMILES string of the molecule is Cc1ccc(Sc2ccc(/C=C3/SC(=S)N(c4ccc(Cl)cc4Cl)C3=O)cc2[N+](=O)[O-])cc1. The number of thioether (sulfide) groups is 1. The molecule has 1 fully saturated rings. The van der Waals surface area contributed by atoms with E-state index < -0.39 is 4.92 Å². The summed E-state index contributed by atoms with van der Waals surface area (Å²) in [5, 5.41) is 12.5. The fourth-order valence-electron chi connectivity index (χ4n) is 3.08. The normalized spacial score (nSPS) is 14.9. The number of hydrogen-bond acceptors (Lipinski definition) is 6. The Morgan fingerprint density at radius 3 is 2.48 bits per heavy atom. The summed E-state index contributed by atoms with van der Waals surface area (Å²) in [7, 11) is 0. The molecule has 10 heteroatoms. The molecule has 0 aromatic heterocycles. The molecule has 0 spiro atoms. The number of carbonyl (C=O) groups excluding carboxylic acids is 1. The highest BCUT2D eigenvalue weighted by atomic mass is 35.5. The molecule has 3 aromatic carbocycles. The number of nitro benzene ring substituents is 1. The first-order chi connectivity index (χ1) is 15.7. The van der Waals surface area contributed by atoms with E-state index in [2.05, 4.69) is 0 Å². The predicted octanol–water partition coefficient (Wildman–Crippen LogP) is 7.77. The van der Waals surface area contributed by atoms with Gasteiger partial charge in [0.05, 0.1) is 25.4 Å². The maximum Gasteiger partial charge on any atom is 0.283 e. The molecule has 1 heterocycles. The van der Waals surface area contributed by atoms with Gasteiger partial charge in [-0.05, 0) is 55.0 Å². The van der Waals surface area contributed by atoms with Crippen LogP contribution in [0.4, 0.5) is 11.4 Å². The van der Waals surface area contributed by atoms with Gasteiger partial charge in [-0.2, -0.15) is 0 Å². The molecule has 0 aliphatic carbocycles. The second-order valence-corrected chi connectivity index (χ2v) is 10.6. The minimum atomic E-state index is -0.424. The first-order valence-electron chi connectivity index (χ1n) is 9.49. The monoisotopic (exact) mass is 532 g/mol. The van der Waals surface area contributed by atoms with E-state index in [1.807, 2.05) is 31.2 Å². The molecule has 1 saturated heterocycles. The van der Waals surface area contributed by atoms with E-state index in [1.54, 1.807) is 30.3 Å². The molecule has 1 amide bonds. The van der Waals surface area contributed by atoms with E-state index in [4.69, 9.17) is 35.4 Å². The standard InChI is InChI=1S/C23H14Cl2N2O3S3/c1-13-2-6-16(7-3-13)32-20-9-4-14(10-19(20)27(29)30)11-21-22(28)26(23(31)33-21)18-8-5-15(24)12-17(18)25/h2-12H,1H3/b21-11+. The number of aryl methyl sites for hydroxylation is 1. The van der Waals surface area contributed by atoms with E-state index in [9.17, 15) is 14.9 Å². The highest BCUT2D eigenvalue weighted by molar-refractivity contribution is 8.27. The average Bonchev–Trinajstić information content (AvgIpc) is 3.03. The van der Waals surface area contributed by atoms with Crippen LogP contribution in [0.2, 0.25) is 10.0 Å². The number of benzene rings is 3. The zero-order chi connectivity index (χ0) is 23.7. The Morgan fingerprint density at radius 2 is 1.82 bits per heavy atom. The molecule has 1 aliphatic heterocycles. The topological polar surface area (TPSA) is 63.5 Å². The van der Waals surface area contributed by atoms with Gasteiger partial charge in [-0.15, -0.1) is 0 Å². The summed E-state index contributed by atoms with van der Waals surface area (Å²) in [6.45, 7) is 1.98. The quantitative estimate of drug-likeness (QED) is 0.145. The summed E-state index contributed by atoms with van der Waals surface area (Å²) >= 11 is 20.0. The van der Waals surface area contributed by atoms with Gasteiger partial charge in [0.1, 0.15) is 0 Å².